The van der Waals surface area contributed by atoms with Gasteiger partial charge in [0.1, 0.15) is 0 Å². The Balaban J connectivity index is 1.99. The third-order valence-electron chi connectivity index (χ3n) is 4.35. The molecule has 108 valence electrons. The predicted octanol–water partition coefficient (Wildman–Crippen LogP) is 2.53. The van der Waals surface area contributed by atoms with Crippen molar-refractivity contribution in [1.29, 1.82) is 0 Å². The molecule has 0 aromatic heterocycles. The number of carboxylic acids is 1. The van der Waals surface area contributed by atoms with Gasteiger partial charge in [-0.25, -0.2) is 0 Å². The van der Waals surface area contributed by atoms with Crippen molar-refractivity contribution < 1.29 is 14.7 Å². The number of aliphatic carboxylic acids is 1. The van der Waals surface area contributed by atoms with Crippen molar-refractivity contribution in [2.24, 2.45) is 11.8 Å². The molecule has 1 aromatic rings. The molecule has 1 fully saturated rings. The van der Waals surface area contributed by atoms with Gasteiger partial charge in [-0.3, -0.25) is 9.59 Å². The van der Waals surface area contributed by atoms with Crippen LogP contribution in [0, 0.1) is 25.7 Å². The monoisotopic (exact) mass is 275 g/mol. The first-order chi connectivity index (χ1) is 9.50. The summed E-state index contributed by atoms with van der Waals surface area (Å²) in [6.07, 6.45) is 2.53. The van der Waals surface area contributed by atoms with Crippen molar-refractivity contribution in [3.05, 3.63) is 34.9 Å². The number of carboxylic acid groups (broad SMARTS) is 1. The molecule has 1 aromatic carbocycles. The molecule has 1 aliphatic carbocycles. The first-order valence-corrected chi connectivity index (χ1v) is 7.08. The minimum atomic E-state index is -0.742. The summed E-state index contributed by atoms with van der Waals surface area (Å²) in [5.41, 5.74) is 2.74. The second-order valence-corrected chi connectivity index (χ2v) is 5.59. The van der Waals surface area contributed by atoms with E-state index in [1.807, 2.05) is 26.0 Å². The van der Waals surface area contributed by atoms with Gasteiger partial charge >= 0.3 is 5.97 Å². The smallest absolute Gasteiger partial charge is 0.306 e. The van der Waals surface area contributed by atoms with Gasteiger partial charge in [-0.05, 0) is 49.8 Å². The van der Waals surface area contributed by atoms with Crippen LogP contribution in [-0.2, 0) is 4.79 Å². The zero-order valence-corrected chi connectivity index (χ0v) is 12.0. The van der Waals surface area contributed by atoms with E-state index in [0.29, 0.717) is 12.1 Å². The Hall–Kier alpha value is -1.84. The maximum Gasteiger partial charge on any atom is 0.306 e. The summed E-state index contributed by atoms with van der Waals surface area (Å²) in [6, 6.07) is 5.65. The molecule has 0 heterocycles. The van der Waals surface area contributed by atoms with Gasteiger partial charge in [0.15, 0.2) is 0 Å². The topological polar surface area (TPSA) is 66.4 Å². The van der Waals surface area contributed by atoms with E-state index in [1.54, 1.807) is 6.07 Å². The largest absolute Gasteiger partial charge is 0.481 e. The molecular formula is C16H21NO3. The van der Waals surface area contributed by atoms with Gasteiger partial charge in [0.25, 0.3) is 5.91 Å². The number of hydrogen-bond acceptors (Lipinski definition) is 2. The zero-order chi connectivity index (χ0) is 14.7. The summed E-state index contributed by atoms with van der Waals surface area (Å²) in [5, 5.41) is 12.0. The van der Waals surface area contributed by atoms with E-state index in [4.69, 9.17) is 5.11 Å². The first-order valence-electron chi connectivity index (χ1n) is 7.08. The lowest BCUT2D eigenvalue weighted by Crippen LogP contribution is -2.33. The van der Waals surface area contributed by atoms with Crippen LogP contribution in [0.1, 0.15) is 40.7 Å². The minimum Gasteiger partial charge on any atom is -0.481 e. The lowest BCUT2D eigenvalue weighted by atomic mass is 9.96. The summed E-state index contributed by atoms with van der Waals surface area (Å²) in [5.74, 6) is -1.11. The van der Waals surface area contributed by atoms with Crippen molar-refractivity contribution in [1.82, 2.24) is 5.32 Å². The number of nitrogens with one attached hydrogen (secondary N) is 1. The van der Waals surface area contributed by atoms with Crippen LogP contribution in [0.15, 0.2) is 18.2 Å². The number of rotatable bonds is 4. The maximum absolute atomic E-state index is 12.2. The summed E-state index contributed by atoms with van der Waals surface area (Å²) in [4.78, 5) is 23.3. The average Bonchev–Trinajstić information content (AvgIpc) is 2.87. The molecule has 0 saturated heterocycles. The van der Waals surface area contributed by atoms with Crippen LogP contribution in [0.2, 0.25) is 0 Å². The molecule has 0 aliphatic heterocycles. The third kappa shape index (κ3) is 3.00. The SMILES string of the molecule is Cc1cccc(C(=O)NCC2CCCC2C(=O)O)c1C. The number of amides is 1. The predicted molar refractivity (Wildman–Crippen MR) is 76.7 cm³/mol. The molecule has 4 heteroatoms. The van der Waals surface area contributed by atoms with Crippen LogP contribution in [-0.4, -0.2) is 23.5 Å². The highest BCUT2D eigenvalue weighted by Gasteiger charge is 2.32. The van der Waals surface area contributed by atoms with E-state index in [1.165, 1.54) is 0 Å². The van der Waals surface area contributed by atoms with E-state index in [2.05, 4.69) is 5.32 Å². The van der Waals surface area contributed by atoms with Crippen molar-refractivity contribution in [3.63, 3.8) is 0 Å². The van der Waals surface area contributed by atoms with Crippen molar-refractivity contribution in [3.8, 4) is 0 Å². The van der Waals surface area contributed by atoms with Gasteiger partial charge in [-0.1, -0.05) is 18.6 Å². The molecular weight excluding hydrogens is 254 g/mol. The highest BCUT2D eigenvalue weighted by molar-refractivity contribution is 5.95. The molecule has 0 radical (unpaired) electrons. The van der Waals surface area contributed by atoms with E-state index in [0.717, 1.165) is 30.4 Å². The molecule has 20 heavy (non-hydrogen) atoms. The highest BCUT2D eigenvalue weighted by atomic mass is 16.4. The number of carbonyl (C=O) groups excluding carboxylic acids is 1. The van der Waals surface area contributed by atoms with E-state index in [-0.39, 0.29) is 17.7 Å². The molecule has 2 rings (SSSR count). The van der Waals surface area contributed by atoms with Crippen LogP contribution in [0.5, 0.6) is 0 Å². The van der Waals surface area contributed by atoms with Gasteiger partial charge in [0.2, 0.25) is 0 Å². The normalized spacial score (nSPS) is 21.7. The second kappa shape index (κ2) is 6.07. The number of benzene rings is 1. The minimum absolute atomic E-state index is 0.0570. The number of hydrogen-bond donors (Lipinski definition) is 2. The standard InChI is InChI=1S/C16H21NO3/c1-10-5-3-7-13(11(10)2)15(18)17-9-12-6-4-8-14(12)16(19)20/h3,5,7,12,14H,4,6,8-9H2,1-2H3,(H,17,18)(H,19,20). The Labute approximate surface area is 119 Å². The summed E-state index contributed by atoms with van der Waals surface area (Å²) < 4.78 is 0. The van der Waals surface area contributed by atoms with Crippen molar-refractivity contribution >= 4 is 11.9 Å². The quantitative estimate of drug-likeness (QED) is 0.887. The summed E-state index contributed by atoms with van der Waals surface area (Å²) >= 11 is 0. The molecule has 0 spiro atoms. The fourth-order valence-corrected chi connectivity index (χ4v) is 2.92. The molecule has 0 bridgehead atoms. The van der Waals surface area contributed by atoms with Gasteiger partial charge in [0, 0.05) is 12.1 Å². The second-order valence-electron chi connectivity index (χ2n) is 5.59. The Morgan fingerprint density at radius 3 is 2.75 bits per heavy atom. The van der Waals surface area contributed by atoms with Gasteiger partial charge in [0.05, 0.1) is 5.92 Å². The van der Waals surface area contributed by atoms with Crippen LogP contribution in [0.4, 0.5) is 0 Å². The van der Waals surface area contributed by atoms with Gasteiger partial charge in [-0.15, -0.1) is 0 Å². The van der Waals surface area contributed by atoms with Crippen LogP contribution in [0.25, 0.3) is 0 Å². The fraction of sp³-hybridized carbons (Fsp3) is 0.500. The number of aryl methyl sites for hydroxylation is 1. The summed E-state index contributed by atoms with van der Waals surface area (Å²) in [7, 11) is 0. The van der Waals surface area contributed by atoms with E-state index < -0.39 is 5.97 Å². The van der Waals surface area contributed by atoms with Gasteiger partial charge in [-0.2, -0.15) is 0 Å². The van der Waals surface area contributed by atoms with Crippen molar-refractivity contribution in [2.75, 3.05) is 6.54 Å². The summed E-state index contributed by atoms with van der Waals surface area (Å²) in [6.45, 7) is 4.35. The van der Waals surface area contributed by atoms with E-state index >= 15 is 0 Å². The van der Waals surface area contributed by atoms with Crippen LogP contribution >= 0.6 is 0 Å². The average molecular weight is 275 g/mol. The number of carbonyl (C=O) groups is 2. The first kappa shape index (κ1) is 14.6. The lowest BCUT2D eigenvalue weighted by molar-refractivity contribution is -0.142. The van der Waals surface area contributed by atoms with E-state index in [9.17, 15) is 9.59 Å². The van der Waals surface area contributed by atoms with Crippen molar-refractivity contribution in [2.45, 2.75) is 33.1 Å². The molecule has 1 aliphatic rings. The van der Waals surface area contributed by atoms with Gasteiger partial charge < -0.3 is 10.4 Å². The Morgan fingerprint density at radius 2 is 2.05 bits per heavy atom. The molecule has 2 N–H and O–H groups in total. The van der Waals surface area contributed by atoms with Crippen LogP contribution in [0.3, 0.4) is 0 Å². The maximum atomic E-state index is 12.2. The molecule has 4 nitrogen and oxygen atoms in total. The molecule has 1 saturated carbocycles. The lowest BCUT2D eigenvalue weighted by Gasteiger charge is -2.17. The molecule has 2 unspecified atom stereocenters. The highest BCUT2D eigenvalue weighted by Crippen LogP contribution is 2.31. The fourth-order valence-electron chi connectivity index (χ4n) is 2.92. The Morgan fingerprint density at radius 1 is 1.30 bits per heavy atom. The van der Waals surface area contributed by atoms with Crippen LogP contribution < -0.4 is 5.32 Å². The Kier molecular flexibility index (Phi) is 4.42. The Bertz CT molecular complexity index is 524. The third-order valence-corrected chi connectivity index (χ3v) is 4.35. The molecule has 1 amide bonds. The zero-order valence-electron chi connectivity index (χ0n) is 12.0. The molecule has 2 atom stereocenters.